The Balaban J connectivity index is 1.70. The molecule has 3 aromatic rings. The van der Waals surface area contributed by atoms with E-state index in [1.165, 1.54) is 6.20 Å². The summed E-state index contributed by atoms with van der Waals surface area (Å²) in [5.41, 5.74) is 6.31. The van der Waals surface area contributed by atoms with Gasteiger partial charge in [-0.25, -0.2) is 14.2 Å². The van der Waals surface area contributed by atoms with Gasteiger partial charge in [-0.3, -0.25) is 4.79 Å². The zero-order chi connectivity index (χ0) is 21.0. The van der Waals surface area contributed by atoms with Gasteiger partial charge in [0.1, 0.15) is 11.2 Å². The lowest BCUT2D eigenvalue weighted by Crippen LogP contribution is -2.44. The number of carboxylic acid groups (broad SMARTS) is 1. The van der Waals surface area contributed by atoms with Crippen molar-refractivity contribution in [3.05, 3.63) is 63.7 Å². The lowest BCUT2D eigenvalue weighted by molar-refractivity contribution is 0.0695. The van der Waals surface area contributed by atoms with E-state index in [1.54, 1.807) is 22.8 Å². The molecule has 2 aliphatic heterocycles. The molecule has 0 aliphatic carbocycles. The summed E-state index contributed by atoms with van der Waals surface area (Å²) in [6, 6.07) is 8.72. The molecule has 4 N–H and O–H groups in total. The molecule has 0 radical (unpaired) electrons. The quantitative estimate of drug-likeness (QED) is 0.559. The van der Waals surface area contributed by atoms with E-state index in [0.717, 1.165) is 24.6 Å². The maximum absolute atomic E-state index is 15.0. The number of nitrogens with zero attached hydrogens (tertiary/aromatic N) is 3. The summed E-state index contributed by atoms with van der Waals surface area (Å²) < 4.78 is 16.6. The van der Waals surface area contributed by atoms with Gasteiger partial charge >= 0.3 is 5.97 Å². The fourth-order valence-corrected chi connectivity index (χ4v) is 4.46. The summed E-state index contributed by atoms with van der Waals surface area (Å²) >= 11 is 0. The standard InChI is InChI=1S/C21H20FN5O3/c22-17-6-15-18(28)16(21(29)30)10-26(8-11-2-1-3-12(23)4-11)19(15)25-20(17)27-9-13-5-14(27)7-24-13/h1-4,6,10,13-14,24H,5,7-9,23H2,(H,29,30)/t13-,14-/m0/s1. The van der Waals surface area contributed by atoms with Crippen molar-refractivity contribution in [3.8, 4) is 0 Å². The number of hydrogen-bond acceptors (Lipinski definition) is 6. The van der Waals surface area contributed by atoms with Crippen LogP contribution in [0.25, 0.3) is 11.0 Å². The molecule has 30 heavy (non-hydrogen) atoms. The lowest BCUT2D eigenvalue weighted by atomic mass is 10.1. The average Bonchev–Trinajstić information content (AvgIpc) is 3.33. The van der Waals surface area contributed by atoms with Crippen LogP contribution in [-0.2, 0) is 6.54 Å². The van der Waals surface area contributed by atoms with Gasteiger partial charge in [-0.15, -0.1) is 0 Å². The predicted molar refractivity (Wildman–Crippen MR) is 110 cm³/mol. The van der Waals surface area contributed by atoms with E-state index in [-0.39, 0.29) is 29.4 Å². The molecular formula is C21H20FN5O3. The van der Waals surface area contributed by atoms with Crippen LogP contribution in [0.4, 0.5) is 15.9 Å². The summed E-state index contributed by atoms with van der Waals surface area (Å²) in [5.74, 6) is -1.79. The highest BCUT2D eigenvalue weighted by atomic mass is 19.1. The molecule has 154 valence electrons. The number of carbonyl (C=O) groups is 1. The number of aromatic nitrogens is 2. The molecule has 0 saturated carbocycles. The van der Waals surface area contributed by atoms with Crippen molar-refractivity contribution in [2.45, 2.75) is 25.0 Å². The van der Waals surface area contributed by atoms with Crippen LogP contribution in [0, 0.1) is 5.82 Å². The van der Waals surface area contributed by atoms with Crippen LogP contribution < -0.4 is 21.4 Å². The highest BCUT2D eigenvalue weighted by Gasteiger charge is 2.39. The number of hydrogen-bond donors (Lipinski definition) is 3. The maximum atomic E-state index is 15.0. The van der Waals surface area contributed by atoms with Gasteiger partial charge in [0.25, 0.3) is 0 Å². The fourth-order valence-electron chi connectivity index (χ4n) is 4.46. The molecule has 0 unspecified atom stereocenters. The number of nitrogen functional groups attached to an aromatic ring is 1. The van der Waals surface area contributed by atoms with Crippen LogP contribution in [0.15, 0.2) is 41.3 Å². The summed E-state index contributed by atoms with van der Waals surface area (Å²) in [4.78, 5) is 30.8. The number of rotatable bonds is 4. The molecule has 2 atom stereocenters. The average molecular weight is 409 g/mol. The molecule has 8 nitrogen and oxygen atoms in total. The molecular weight excluding hydrogens is 389 g/mol. The third-order valence-electron chi connectivity index (χ3n) is 5.85. The molecule has 0 amide bonds. The Kier molecular flexibility index (Phi) is 4.21. The maximum Gasteiger partial charge on any atom is 0.341 e. The van der Waals surface area contributed by atoms with Gasteiger partial charge in [0.05, 0.1) is 5.39 Å². The zero-order valence-electron chi connectivity index (χ0n) is 16.0. The number of piperazine rings is 1. The zero-order valence-corrected chi connectivity index (χ0v) is 16.0. The second-order valence-corrected chi connectivity index (χ2v) is 7.86. The van der Waals surface area contributed by atoms with E-state index in [2.05, 4.69) is 10.3 Å². The van der Waals surface area contributed by atoms with E-state index in [0.29, 0.717) is 18.3 Å². The molecule has 5 rings (SSSR count). The number of nitrogens with one attached hydrogen (secondary N) is 1. The number of nitrogens with two attached hydrogens (primary N) is 1. The minimum atomic E-state index is -1.37. The van der Waals surface area contributed by atoms with Gasteiger partial charge in [0.15, 0.2) is 11.6 Å². The van der Waals surface area contributed by atoms with E-state index in [4.69, 9.17) is 5.73 Å². The molecule has 2 aliphatic rings. The van der Waals surface area contributed by atoms with E-state index < -0.39 is 22.8 Å². The first-order chi connectivity index (χ1) is 14.4. The highest BCUT2D eigenvalue weighted by Crippen LogP contribution is 2.31. The molecule has 4 heterocycles. The van der Waals surface area contributed by atoms with Crippen molar-refractivity contribution in [1.29, 1.82) is 0 Å². The van der Waals surface area contributed by atoms with Crippen LogP contribution in [0.2, 0.25) is 0 Å². The molecule has 9 heteroatoms. The third-order valence-corrected chi connectivity index (χ3v) is 5.85. The largest absolute Gasteiger partial charge is 0.477 e. The summed E-state index contributed by atoms with van der Waals surface area (Å²) in [5, 5.41) is 12.8. The molecule has 2 aromatic heterocycles. The fraction of sp³-hybridized carbons (Fsp3) is 0.286. The summed E-state index contributed by atoms with van der Waals surface area (Å²) in [7, 11) is 0. The Morgan fingerprint density at radius 2 is 2.20 bits per heavy atom. The van der Waals surface area contributed by atoms with Gasteiger partial charge in [0, 0.05) is 43.6 Å². The Bertz CT molecular complexity index is 1240. The van der Waals surface area contributed by atoms with Crippen molar-refractivity contribution >= 4 is 28.5 Å². The third kappa shape index (κ3) is 2.98. The Labute approximate surface area is 170 Å². The summed E-state index contributed by atoms with van der Waals surface area (Å²) in [6.45, 7) is 1.65. The molecule has 2 bridgehead atoms. The van der Waals surface area contributed by atoms with Gasteiger partial charge < -0.3 is 25.6 Å². The monoisotopic (exact) mass is 409 g/mol. The number of pyridine rings is 2. The molecule has 1 aromatic carbocycles. The van der Waals surface area contributed by atoms with Crippen molar-refractivity contribution in [3.63, 3.8) is 0 Å². The molecule has 0 spiro atoms. The van der Waals surface area contributed by atoms with Crippen LogP contribution in [0.3, 0.4) is 0 Å². The topological polar surface area (TPSA) is 113 Å². The SMILES string of the molecule is Nc1cccc(Cn2cc(C(=O)O)c(=O)c3cc(F)c(N4C[C@@H]5C[C@H]4CN5)nc32)c1. The Hall–Kier alpha value is -3.46. The van der Waals surface area contributed by atoms with Crippen molar-refractivity contribution < 1.29 is 14.3 Å². The number of halogens is 1. The minimum absolute atomic E-state index is 0.0532. The highest BCUT2D eigenvalue weighted by molar-refractivity contribution is 5.92. The molecule has 2 saturated heterocycles. The van der Waals surface area contributed by atoms with Crippen molar-refractivity contribution in [2.75, 3.05) is 23.7 Å². The smallest absolute Gasteiger partial charge is 0.341 e. The van der Waals surface area contributed by atoms with E-state index >= 15 is 0 Å². The number of anilines is 2. The first-order valence-electron chi connectivity index (χ1n) is 9.72. The molecule has 2 fully saturated rings. The van der Waals surface area contributed by atoms with E-state index in [9.17, 15) is 19.1 Å². The van der Waals surface area contributed by atoms with Crippen LogP contribution in [-0.4, -0.2) is 45.8 Å². The Morgan fingerprint density at radius 3 is 2.87 bits per heavy atom. The van der Waals surface area contributed by atoms with Gasteiger partial charge in [-0.1, -0.05) is 12.1 Å². The van der Waals surface area contributed by atoms with Gasteiger partial charge in [-0.05, 0) is 30.2 Å². The summed E-state index contributed by atoms with van der Waals surface area (Å²) in [6.07, 6.45) is 2.19. The normalized spacial score (nSPS) is 20.2. The number of fused-ring (bicyclic) bond motifs is 3. The van der Waals surface area contributed by atoms with Gasteiger partial charge in [-0.2, -0.15) is 0 Å². The number of benzene rings is 1. The predicted octanol–water partition coefficient (Wildman–Crippen LogP) is 1.41. The van der Waals surface area contributed by atoms with Crippen LogP contribution >= 0.6 is 0 Å². The minimum Gasteiger partial charge on any atom is -0.477 e. The number of aromatic carboxylic acids is 1. The second-order valence-electron chi connectivity index (χ2n) is 7.86. The van der Waals surface area contributed by atoms with Crippen molar-refractivity contribution in [1.82, 2.24) is 14.9 Å². The van der Waals surface area contributed by atoms with Gasteiger partial charge in [0.2, 0.25) is 5.43 Å². The van der Waals surface area contributed by atoms with Crippen LogP contribution in [0.1, 0.15) is 22.3 Å². The van der Waals surface area contributed by atoms with E-state index in [1.807, 2.05) is 11.0 Å². The van der Waals surface area contributed by atoms with Crippen LogP contribution in [0.5, 0.6) is 0 Å². The lowest BCUT2D eigenvalue weighted by Gasteiger charge is -2.29. The second kappa shape index (κ2) is 6.81. The number of carboxylic acids is 1. The first-order valence-corrected chi connectivity index (χ1v) is 9.72. The van der Waals surface area contributed by atoms with Crippen molar-refractivity contribution in [2.24, 2.45) is 0 Å². The Morgan fingerprint density at radius 1 is 1.37 bits per heavy atom. The first kappa shape index (κ1) is 18.6.